The highest BCUT2D eigenvalue weighted by atomic mass is 127. The van der Waals surface area contributed by atoms with Gasteiger partial charge >= 0.3 is 0 Å². The monoisotopic (exact) mass is 586 g/mol. The molecule has 11 heteroatoms. The Bertz CT molecular complexity index is 1240. The zero-order valence-corrected chi connectivity index (χ0v) is 21.4. The number of hydrogen-bond donors (Lipinski definition) is 1. The Morgan fingerprint density at radius 2 is 1.85 bits per heavy atom. The molecule has 0 aromatic heterocycles. The third-order valence-corrected chi connectivity index (χ3v) is 6.48. The molecular weight excluding hydrogens is 563 g/mol. The molecule has 3 amide bonds. The van der Waals surface area contributed by atoms with Gasteiger partial charge in [-0.05, 0) is 59.3 Å². The summed E-state index contributed by atoms with van der Waals surface area (Å²) in [6.07, 6.45) is 1.04. The molecule has 0 bridgehead atoms. The molecule has 3 rings (SSSR count). The summed E-state index contributed by atoms with van der Waals surface area (Å²) in [5.74, 6) is -1.41. The quantitative estimate of drug-likeness (QED) is 0.373. The first-order chi connectivity index (χ1) is 15.5. The molecule has 1 unspecified atom stereocenters. The lowest BCUT2D eigenvalue weighted by molar-refractivity contribution is -0.114. The molecule has 1 N–H and O–H groups in total. The van der Waals surface area contributed by atoms with E-state index in [0.29, 0.717) is 27.2 Å². The van der Waals surface area contributed by atoms with Crippen LogP contribution in [0, 0.1) is 3.57 Å². The first-order valence-corrected chi connectivity index (χ1v) is 13.1. The number of methoxy groups -OCH3 is 1. The van der Waals surface area contributed by atoms with Gasteiger partial charge in [0.1, 0.15) is 9.84 Å². The number of amides is 3. The standard InChI is InChI=1S/C22H23IN2O7S/c1-5-32-19-8-13(6-7-18(19)31-3)17(11-33(4,29)30)25-21(27)15-9-14(23)10-16(24-12(2)26)20(15)22(25)28/h6-10,17H,5,11H2,1-4H3,(H,24,26). The van der Waals surface area contributed by atoms with Gasteiger partial charge in [0, 0.05) is 16.7 Å². The van der Waals surface area contributed by atoms with Crippen LogP contribution < -0.4 is 14.8 Å². The number of nitrogens with one attached hydrogen (secondary N) is 1. The van der Waals surface area contributed by atoms with E-state index in [1.807, 2.05) is 22.6 Å². The Labute approximate surface area is 205 Å². The summed E-state index contributed by atoms with van der Waals surface area (Å²) in [6, 6.07) is 6.78. The number of nitrogens with zero attached hydrogens (tertiary/aromatic N) is 1. The second-order valence-corrected chi connectivity index (χ2v) is 10.9. The fraction of sp³-hybridized carbons (Fsp3) is 0.318. The number of hydrogen-bond acceptors (Lipinski definition) is 7. The van der Waals surface area contributed by atoms with Gasteiger partial charge in [0.05, 0.1) is 42.3 Å². The van der Waals surface area contributed by atoms with Crippen LogP contribution in [0.25, 0.3) is 0 Å². The van der Waals surface area contributed by atoms with Gasteiger partial charge in [-0.15, -0.1) is 0 Å². The largest absolute Gasteiger partial charge is 0.493 e. The number of imide groups is 1. The van der Waals surface area contributed by atoms with Crippen molar-refractivity contribution in [1.82, 2.24) is 4.90 Å². The lowest BCUT2D eigenvalue weighted by atomic mass is 10.1. The summed E-state index contributed by atoms with van der Waals surface area (Å²) in [6.45, 7) is 3.42. The fourth-order valence-corrected chi connectivity index (χ4v) is 5.23. The smallest absolute Gasteiger partial charge is 0.264 e. The number of carbonyl (C=O) groups is 3. The van der Waals surface area contributed by atoms with Crippen molar-refractivity contribution in [2.24, 2.45) is 0 Å². The van der Waals surface area contributed by atoms with Crippen LogP contribution in [0.3, 0.4) is 0 Å². The van der Waals surface area contributed by atoms with Crippen molar-refractivity contribution in [2.75, 3.05) is 31.0 Å². The van der Waals surface area contributed by atoms with Crippen LogP contribution in [0.15, 0.2) is 30.3 Å². The third-order valence-electron chi connectivity index (χ3n) is 4.94. The molecule has 0 saturated heterocycles. The number of rotatable bonds is 8. The Morgan fingerprint density at radius 1 is 1.15 bits per heavy atom. The van der Waals surface area contributed by atoms with E-state index >= 15 is 0 Å². The van der Waals surface area contributed by atoms with E-state index in [4.69, 9.17) is 9.47 Å². The Kier molecular flexibility index (Phi) is 7.32. The minimum Gasteiger partial charge on any atom is -0.493 e. The summed E-state index contributed by atoms with van der Waals surface area (Å²) in [7, 11) is -2.14. The zero-order valence-electron chi connectivity index (χ0n) is 18.5. The predicted octanol–water partition coefficient (Wildman–Crippen LogP) is 3.04. The molecule has 1 heterocycles. The number of sulfone groups is 1. The third kappa shape index (κ3) is 5.29. The lowest BCUT2D eigenvalue weighted by Crippen LogP contribution is -2.37. The van der Waals surface area contributed by atoms with Gasteiger partial charge in [0.25, 0.3) is 11.8 Å². The van der Waals surface area contributed by atoms with Crippen molar-refractivity contribution in [3.05, 3.63) is 50.6 Å². The number of halogens is 1. The Balaban J connectivity index is 2.16. The summed E-state index contributed by atoms with van der Waals surface area (Å²) in [5.41, 5.74) is 0.739. The van der Waals surface area contributed by atoms with Gasteiger partial charge in [0.2, 0.25) is 5.91 Å². The van der Waals surface area contributed by atoms with E-state index in [2.05, 4.69) is 5.32 Å². The van der Waals surface area contributed by atoms with E-state index in [9.17, 15) is 22.8 Å². The number of ether oxygens (including phenoxy) is 2. The first kappa shape index (κ1) is 25.0. The molecular formula is C22H23IN2O7S. The number of benzene rings is 2. The van der Waals surface area contributed by atoms with Crippen LogP contribution in [-0.2, 0) is 14.6 Å². The second-order valence-electron chi connectivity index (χ2n) is 7.49. The molecule has 0 aliphatic carbocycles. The number of anilines is 1. The minimum absolute atomic E-state index is 0.0349. The van der Waals surface area contributed by atoms with Gasteiger partial charge in [0.15, 0.2) is 11.5 Å². The van der Waals surface area contributed by atoms with Crippen molar-refractivity contribution in [3.8, 4) is 11.5 Å². The van der Waals surface area contributed by atoms with Gasteiger partial charge < -0.3 is 14.8 Å². The maximum absolute atomic E-state index is 13.5. The van der Waals surface area contributed by atoms with Crippen molar-refractivity contribution < 1.29 is 32.3 Å². The molecule has 0 saturated carbocycles. The van der Waals surface area contributed by atoms with E-state index in [1.165, 1.54) is 14.0 Å². The molecule has 2 aromatic carbocycles. The molecule has 0 spiro atoms. The second kappa shape index (κ2) is 9.67. The molecule has 0 fully saturated rings. The van der Waals surface area contributed by atoms with E-state index in [0.717, 1.165) is 11.2 Å². The van der Waals surface area contributed by atoms with E-state index in [1.54, 1.807) is 37.3 Å². The Hall–Kier alpha value is -2.67. The lowest BCUT2D eigenvalue weighted by Gasteiger charge is -2.27. The van der Waals surface area contributed by atoms with Gasteiger partial charge in [-0.3, -0.25) is 19.3 Å². The highest BCUT2D eigenvalue weighted by Gasteiger charge is 2.43. The summed E-state index contributed by atoms with van der Waals surface area (Å²) in [4.78, 5) is 39.4. The number of carbonyl (C=O) groups excluding carboxylic acids is 3. The van der Waals surface area contributed by atoms with Gasteiger partial charge in [-0.2, -0.15) is 0 Å². The predicted molar refractivity (Wildman–Crippen MR) is 131 cm³/mol. The fourth-order valence-electron chi connectivity index (χ4n) is 3.70. The molecule has 176 valence electrons. The number of fused-ring (bicyclic) bond motifs is 1. The molecule has 9 nitrogen and oxygen atoms in total. The highest BCUT2D eigenvalue weighted by Crippen LogP contribution is 2.39. The summed E-state index contributed by atoms with van der Waals surface area (Å²) >= 11 is 1.98. The van der Waals surface area contributed by atoms with Crippen LogP contribution in [0.2, 0.25) is 0 Å². The Morgan fingerprint density at radius 3 is 2.42 bits per heavy atom. The SMILES string of the molecule is CCOc1cc(C(CS(C)(=O)=O)N2C(=O)c3cc(I)cc(NC(C)=O)c3C2=O)ccc1OC. The highest BCUT2D eigenvalue weighted by molar-refractivity contribution is 14.1. The summed E-state index contributed by atoms with van der Waals surface area (Å²) < 4.78 is 36.1. The molecule has 0 radical (unpaired) electrons. The molecule has 1 aliphatic heterocycles. The minimum atomic E-state index is -3.61. The van der Waals surface area contributed by atoms with E-state index in [-0.39, 0.29) is 16.8 Å². The van der Waals surface area contributed by atoms with Crippen LogP contribution in [-0.4, -0.2) is 56.8 Å². The van der Waals surface area contributed by atoms with Crippen LogP contribution in [0.4, 0.5) is 5.69 Å². The van der Waals surface area contributed by atoms with Crippen LogP contribution >= 0.6 is 22.6 Å². The molecule has 2 aromatic rings. The zero-order chi connectivity index (χ0) is 24.5. The molecule has 1 aliphatic rings. The van der Waals surface area contributed by atoms with Crippen molar-refractivity contribution >= 4 is 55.8 Å². The van der Waals surface area contributed by atoms with Gasteiger partial charge in [-0.1, -0.05) is 6.07 Å². The maximum Gasteiger partial charge on any atom is 0.264 e. The van der Waals surface area contributed by atoms with Crippen LogP contribution in [0.5, 0.6) is 11.5 Å². The normalized spacial score (nSPS) is 14.2. The van der Waals surface area contributed by atoms with Crippen molar-refractivity contribution in [3.63, 3.8) is 0 Å². The topological polar surface area (TPSA) is 119 Å². The maximum atomic E-state index is 13.5. The average Bonchev–Trinajstić information content (AvgIpc) is 2.95. The van der Waals surface area contributed by atoms with E-state index < -0.39 is 39.4 Å². The molecule has 33 heavy (non-hydrogen) atoms. The average molecular weight is 586 g/mol. The van der Waals surface area contributed by atoms with Gasteiger partial charge in [-0.25, -0.2) is 8.42 Å². The van der Waals surface area contributed by atoms with Crippen molar-refractivity contribution in [2.45, 2.75) is 19.9 Å². The van der Waals surface area contributed by atoms with Crippen LogP contribution in [0.1, 0.15) is 46.2 Å². The molecule has 1 atom stereocenters. The summed E-state index contributed by atoms with van der Waals surface area (Å²) in [5, 5.41) is 2.59. The first-order valence-electron chi connectivity index (χ1n) is 9.94. The van der Waals surface area contributed by atoms with Crippen molar-refractivity contribution in [1.29, 1.82) is 0 Å².